The number of nitrogens with zero attached hydrogens (tertiary/aromatic N) is 1. The number of benzene rings is 1. The summed E-state index contributed by atoms with van der Waals surface area (Å²) < 4.78 is 5.77. The number of nitrogens with two attached hydrogens (primary N) is 1. The SMILES string of the molecule is CN(CCOc1cccc(CN)c1)C1CCSC1. The van der Waals surface area contributed by atoms with Crippen LogP contribution in [0, 0.1) is 0 Å². The maximum Gasteiger partial charge on any atom is 0.119 e. The molecule has 18 heavy (non-hydrogen) atoms. The van der Waals surface area contributed by atoms with E-state index in [4.69, 9.17) is 10.5 Å². The maximum absolute atomic E-state index is 5.77. The van der Waals surface area contributed by atoms with Gasteiger partial charge in [0, 0.05) is 24.9 Å². The molecule has 2 rings (SSSR count). The first-order chi connectivity index (χ1) is 8.79. The standard InChI is InChI=1S/C14H22N2OS/c1-16(13-5-8-18-11-13)6-7-17-14-4-2-3-12(9-14)10-15/h2-4,9,13H,5-8,10-11,15H2,1H3. The van der Waals surface area contributed by atoms with Gasteiger partial charge >= 0.3 is 0 Å². The second kappa shape index (κ2) is 7.02. The first-order valence-corrected chi connectivity index (χ1v) is 7.65. The highest BCUT2D eigenvalue weighted by molar-refractivity contribution is 7.99. The van der Waals surface area contributed by atoms with Gasteiger partial charge in [0.2, 0.25) is 0 Å². The molecule has 4 heteroatoms. The van der Waals surface area contributed by atoms with E-state index in [-0.39, 0.29) is 0 Å². The van der Waals surface area contributed by atoms with Gasteiger partial charge in [-0.05, 0) is 36.9 Å². The van der Waals surface area contributed by atoms with Gasteiger partial charge in [0.05, 0.1) is 0 Å². The van der Waals surface area contributed by atoms with E-state index >= 15 is 0 Å². The van der Waals surface area contributed by atoms with Gasteiger partial charge in [-0.1, -0.05) is 12.1 Å². The predicted molar refractivity (Wildman–Crippen MR) is 78.2 cm³/mol. The van der Waals surface area contributed by atoms with E-state index in [1.165, 1.54) is 17.9 Å². The van der Waals surface area contributed by atoms with E-state index < -0.39 is 0 Å². The summed E-state index contributed by atoms with van der Waals surface area (Å²) in [6.45, 7) is 2.29. The molecule has 1 atom stereocenters. The van der Waals surface area contributed by atoms with Crippen molar-refractivity contribution in [2.75, 3.05) is 31.7 Å². The van der Waals surface area contributed by atoms with Gasteiger partial charge in [-0.2, -0.15) is 11.8 Å². The van der Waals surface area contributed by atoms with Crippen LogP contribution in [0.5, 0.6) is 5.75 Å². The maximum atomic E-state index is 5.77. The van der Waals surface area contributed by atoms with Crippen LogP contribution in [0.25, 0.3) is 0 Å². The lowest BCUT2D eigenvalue weighted by molar-refractivity contribution is 0.202. The van der Waals surface area contributed by atoms with Gasteiger partial charge in [-0.25, -0.2) is 0 Å². The molecule has 3 nitrogen and oxygen atoms in total. The van der Waals surface area contributed by atoms with E-state index in [0.717, 1.165) is 30.5 Å². The molecule has 0 amide bonds. The van der Waals surface area contributed by atoms with Crippen LogP contribution in [0.4, 0.5) is 0 Å². The summed E-state index contributed by atoms with van der Waals surface area (Å²) in [6, 6.07) is 8.76. The molecule has 100 valence electrons. The lowest BCUT2D eigenvalue weighted by Crippen LogP contribution is -2.34. The first-order valence-electron chi connectivity index (χ1n) is 6.49. The molecule has 1 aromatic carbocycles. The Labute approximate surface area is 114 Å². The lowest BCUT2D eigenvalue weighted by atomic mass is 10.2. The third-order valence-electron chi connectivity index (χ3n) is 3.38. The molecule has 0 saturated carbocycles. The highest BCUT2D eigenvalue weighted by atomic mass is 32.2. The zero-order chi connectivity index (χ0) is 12.8. The van der Waals surface area contributed by atoms with Crippen LogP contribution in [-0.2, 0) is 6.54 Å². The number of likely N-dealkylation sites (N-methyl/N-ethyl adjacent to an activating group) is 1. The van der Waals surface area contributed by atoms with E-state index in [9.17, 15) is 0 Å². The van der Waals surface area contributed by atoms with Gasteiger partial charge in [-0.15, -0.1) is 0 Å². The third-order valence-corrected chi connectivity index (χ3v) is 4.52. The van der Waals surface area contributed by atoms with Crippen molar-refractivity contribution in [3.63, 3.8) is 0 Å². The molecule has 1 heterocycles. The fourth-order valence-electron chi connectivity index (χ4n) is 2.12. The van der Waals surface area contributed by atoms with Crippen molar-refractivity contribution in [1.82, 2.24) is 4.90 Å². The molecule has 0 bridgehead atoms. The van der Waals surface area contributed by atoms with Gasteiger partial charge in [0.15, 0.2) is 0 Å². The average molecular weight is 266 g/mol. The Morgan fingerprint density at radius 3 is 3.11 bits per heavy atom. The van der Waals surface area contributed by atoms with Gasteiger partial charge < -0.3 is 10.5 Å². The second-order valence-electron chi connectivity index (χ2n) is 4.70. The van der Waals surface area contributed by atoms with Crippen molar-refractivity contribution in [3.05, 3.63) is 29.8 Å². The highest BCUT2D eigenvalue weighted by Crippen LogP contribution is 2.21. The molecule has 1 aromatic rings. The van der Waals surface area contributed by atoms with E-state index in [1.54, 1.807) is 0 Å². The van der Waals surface area contributed by atoms with Gasteiger partial charge in [0.25, 0.3) is 0 Å². The normalized spacial score (nSPS) is 19.4. The number of rotatable bonds is 6. The second-order valence-corrected chi connectivity index (χ2v) is 5.85. The monoisotopic (exact) mass is 266 g/mol. The van der Waals surface area contributed by atoms with Crippen LogP contribution in [0.3, 0.4) is 0 Å². The third kappa shape index (κ3) is 3.90. The molecule has 2 N–H and O–H groups in total. The van der Waals surface area contributed by atoms with E-state index in [2.05, 4.69) is 11.9 Å². The smallest absolute Gasteiger partial charge is 0.119 e. The zero-order valence-corrected chi connectivity index (χ0v) is 11.8. The zero-order valence-electron chi connectivity index (χ0n) is 11.0. The molecule has 1 aliphatic rings. The minimum Gasteiger partial charge on any atom is -0.492 e. The Balaban J connectivity index is 1.73. The quantitative estimate of drug-likeness (QED) is 0.854. The fourth-order valence-corrected chi connectivity index (χ4v) is 3.42. The molecule has 1 saturated heterocycles. The summed E-state index contributed by atoms with van der Waals surface area (Å²) in [5.74, 6) is 3.49. The molecule has 1 fully saturated rings. The summed E-state index contributed by atoms with van der Waals surface area (Å²) in [6.07, 6.45) is 1.31. The average Bonchev–Trinajstić information content (AvgIpc) is 2.93. The number of hydrogen-bond donors (Lipinski definition) is 1. The summed E-state index contributed by atoms with van der Waals surface area (Å²) in [5.41, 5.74) is 6.73. The molecule has 1 unspecified atom stereocenters. The van der Waals surface area contributed by atoms with Crippen molar-refractivity contribution < 1.29 is 4.74 Å². The van der Waals surface area contributed by atoms with E-state index in [1.807, 2.05) is 36.0 Å². The van der Waals surface area contributed by atoms with Crippen molar-refractivity contribution >= 4 is 11.8 Å². The number of hydrogen-bond acceptors (Lipinski definition) is 4. The summed E-state index contributed by atoms with van der Waals surface area (Å²) in [5, 5.41) is 0. The van der Waals surface area contributed by atoms with Crippen molar-refractivity contribution in [3.8, 4) is 5.75 Å². The Kier molecular flexibility index (Phi) is 5.35. The summed E-state index contributed by atoms with van der Waals surface area (Å²) in [7, 11) is 2.19. The van der Waals surface area contributed by atoms with Crippen molar-refractivity contribution in [1.29, 1.82) is 0 Å². The minimum absolute atomic E-state index is 0.566. The van der Waals surface area contributed by atoms with E-state index in [0.29, 0.717) is 6.54 Å². The number of thioether (sulfide) groups is 1. The van der Waals surface area contributed by atoms with Crippen LogP contribution in [0.1, 0.15) is 12.0 Å². The minimum atomic E-state index is 0.566. The Morgan fingerprint density at radius 1 is 1.50 bits per heavy atom. The van der Waals surface area contributed by atoms with Crippen molar-refractivity contribution in [2.24, 2.45) is 5.73 Å². The highest BCUT2D eigenvalue weighted by Gasteiger charge is 2.19. The Bertz CT molecular complexity index is 367. The van der Waals surface area contributed by atoms with Crippen LogP contribution in [-0.4, -0.2) is 42.6 Å². The Morgan fingerprint density at radius 2 is 2.39 bits per heavy atom. The molecular formula is C14H22N2OS. The number of ether oxygens (including phenoxy) is 1. The summed E-state index contributed by atoms with van der Waals surface area (Å²) in [4.78, 5) is 2.41. The molecule has 1 aliphatic heterocycles. The van der Waals surface area contributed by atoms with Gasteiger partial charge in [-0.3, -0.25) is 4.90 Å². The first kappa shape index (κ1) is 13.7. The van der Waals surface area contributed by atoms with Crippen LogP contribution < -0.4 is 10.5 Å². The van der Waals surface area contributed by atoms with Crippen LogP contribution >= 0.6 is 11.8 Å². The largest absolute Gasteiger partial charge is 0.492 e. The van der Waals surface area contributed by atoms with Gasteiger partial charge in [0.1, 0.15) is 12.4 Å². The Hall–Kier alpha value is -0.710. The fraction of sp³-hybridized carbons (Fsp3) is 0.571. The molecular weight excluding hydrogens is 244 g/mol. The van der Waals surface area contributed by atoms with Crippen LogP contribution in [0.15, 0.2) is 24.3 Å². The summed E-state index contributed by atoms with van der Waals surface area (Å²) >= 11 is 2.05. The lowest BCUT2D eigenvalue weighted by Gasteiger charge is -2.23. The molecule has 0 aromatic heterocycles. The molecule has 0 spiro atoms. The molecule has 0 radical (unpaired) electrons. The topological polar surface area (TPSA) is 38.5 Å². The predicted octanol–water partition coefficient (Wildman–Crippen LogP) is 1.96. The molecule has 0 aliphatic carbocycles. The van der Waals surface area contributed by atoms with Crippen LogP contribution in [0.2, 0.25) is 0 Å². The van der Waals surface area contributed by atoms with Crippen molar-refractivity contribution in [2.45, 2.75) is 19.0 Å².